The van der Waals surface area contributed by atoms with Gasteiger partial charge in [-0.2, -0.15) is 0 Å². The highest BCUT2D eigenvalue weighted by atomic mass is 32.1. The summed E-state index contributed by atoms with van der Waals surface area (Å²) in [5.41, 5.74) is 1.36. The monoisotopic (exact) mass is 250 g/mol. The zero-order chi connectivity index (χ0) is 12.5. The van der Waals surface area contributed by atoms with Crippen LogP contribution in [-0.4, -0.2) is 26.3 Å². The molecular weight excluding hydrogens is 236 g/mol. The van der Waals surface area contributed by atoms with Crippen LogP contribution in [0.3, 0.4) is 0 Å². The largest absolute Gasteiger partial charge is 0.296 e. The van der Waals surface area contributed by atoms with Crippen molar-refractivity contribution < 1.29 is 4.79 Å². The van der Waals surface area contributed by atoms with Crippen molar-refractivity contribution in [2.24, 2.45) is 0 Å². The summed E-state index contributed by atoms with van der Waals surface area (Å²) in [6.07, 6.45) is 2.30. The first kappa shape index (κ1) is 11.9. The molecule has 0 radical (unpaired) electrons. The summed E-state index contributed by atoms with van der Waals surface area (Å²) in [5.74, 6) is 0. The third kappa shape index (κ3) is 2.76. The third-order valence-corrected chi connectivity index (χ3v) is 3.51. The fourth-order valence-corrected chi connectivity index (χ4v) is 2.23. The summed E-state index contributed by atoms with van der Waals surface area (Å²) >= 11 is 1.65. The minimum Gasteiger partial charge on any atom is -0.296 e. The van der Waals surface area contributed by atoms with Crippen LogP contribution in [0.5, 0.6) is 0 Å². The molecule has 0 spiro atoms. The number of carbonyl (C=O) groups excluding carboxylic acids is 1. The van der Waals surface area contributed by atoms with Gasteiger partial charge in [0.1, 0.15) is 5.69 Å². The Morgan fingerprint density at radius 2 is 2.24 bits per heavy atom. The number of aromatic nitrogens is 4. The molecule has 2 aromatic heterocycles. The second-order valence-corrected chi connectivity index (χ2v) is 5.71. The van der Waals surface area contributed by atoms with E-state index in [9.17, 15) is 4.79 Å². The minimum absolute atomic E-state index is 0.0687. The molecule has 0 aliphatic rings. The van der Waals surface area contributed by atoms with E-state index in [0.29, 0.717) is 18.5 Å². The minimum atomic E-state index is 0.0687. The van der Waals surface area contributed by atoms with Crippen LogP contribution < -0.4 is 0 Å². The highest BCUT2D eigenvalue weighted by Gasteiger charge is 2.18. The van der Waals surface area contributed by atoms with E-state index >= 15 is 0 Å². The highest BCUT2D eigenvalue weighted by Crippen LogP contribution is 2.25. The van der Waals surface area contributed by atoms with Gasteiger partial charge in [-0.1, -0.05) is 26.0 Å². The van der Waals surface area contributed by atoms with Crippen LogP contribution in [0.4, 0.5) is 0 Å². The van der Waals surface area contributed by atoms with Gasteiger partial charge in [-0.3, -0.25) is 4.79 Å². The van der Waals surface area contributed by atoms with Gasteiger partial charge in [-0.05, 0) is 0 Å². The second-order valence-electron chi connectivity index (χ2n) is 4.85. The van der Waals surface area contributed by atoms with Crippen LogP contribution in [0.15, 0.2) is 11.6 Å². The van der Waals surface area contributed by atoms with Gasteiger partial charge in [0.2, 0.25) is 0 Å². The van der Waals surface area contributed by atoms with E-state index in [1.807, 2.05) is 5.38 Å². The van der Waals surface area contributed by atoms with Crippen molar-refractivity contribution in [2.45, 2.75) is 32.7 Å². The summed E-state index contributed by atoms with van der Waals surface area (Å²) in [6, 6.07) is 0. The van der Waals surface area contributed by atoms with E-state index in [-0.39, 0.29) is 5.41 Å². The zero-order valence-corrected chi connectivity index (χ0v) is 10.9. The first-order valence-corrected chi connectivity index (χ1v) is 6.17. The van der Waals surface area contributed by atoms with Crippen LogP contribution >= 0.6 is 11.3 Å². The van der Waals surface area contributed by atoms with Gasteiger partial charge in [-0.25, -0.2) is 9.67 Å². The Morgan fingerprint density at radius 3 is 2.76 bits per heavy atom. The van der Waals surface area contributed by atoms with Crippen LogP contribution in [0.1, 0.15) is 42.0 Å². The standard InChI is InChI=1S/C11H14N4OS/c1-11(2,3)10-12-9(7-17-10)5-15-4-8(6-16)13-14-15/h4,6-7H,5H2,1-3H3. The molecule has 0 aromatic carbocycles. The fraction of sp³-hybridized carbons (Fsp3) is 0.455. The lowest BCUT2D eigenvalue weighted by molar-refractivity contribution is 0.111. The summed E-state index contributed by atoms with van der Waals surface area (Å²) in [5, 5.41) is 10.7. The normalized spacial score (nSPS) is 11.7. The summed E-state index contributed by atoms with van der Waals surface area (Å²) in [6.45, 7) is 6.95. The van der Waals surface area contributed by atoms with Crippen molar-refractivity contribution in [2.75, 3.05) is 0 Å². The van der Waals surface area contributed by atoms with Gasteiger partial charge in [0.15, 0.2) is 6.29 Å². The van der Waals surface area contributed by atoms with Gasteiger partial charge < -0.3 is 0 Å². The maximum atomic E-state index is 10.5. The Bertz CT molecular complexity index is 524. The van der Waals surface area contributed by atoms with Crippen LogP contribution in [-0.2, 0) is 12.0 Å². The zero-order valence-electron chi connectivity index (χ0n) is 10.0. The van der Waals surface area contributed by atoms with Crippen molar-refractivity contribution in [3.05, 3.63) is 28.0 Å². The van der Waals surface area contributed by atoms with E-state index in [1.165, 1.54) is 0 Å². The molecule has 6 heteroatoms. The van der Waals surface area contributed by atoms with Crippen molar-refractivity contribution in [1.82, 2.24) is 20.0 Å². The van der Waals surface area contributed by atoms with Crippen LogP contribution in [0.25, 0.3) is 0 Å². The van der Waals surface area contributed by atoms with Crippen molar-refractivity contribution in [3.8, 4) is 0 Å². The quantitative estimate of drug-likeness (QED) is 0.780. The van der Waals surface area contributed by atoms with Gasteiger partial charge in [0.05, 0.1) is 23.4 Å². The molecule has 0 saturated heterocycles. The summed E-state index contributed by atoms with van der Waals surface area (Å²) in [7, 11) is 0. The molecule has 2 heterocycles. The predicted octanol–water partition coefficient (Wildman–Crippen LogP) is 1.89. The van der Waals surface area contributed by atoms with Gasteiger partial charge in [0.25, 0.3) is 0 Å². The average molecular weight is 250 g/mol. The first-order valence-electron chi connectivity index (χ1n) is 5.29. The molecule has 0 fully saturated rings. The molecule has 0 amide bonds. The topological polar surface area (TPSA) is 60.7 Å². The van der Waals surface area contributed by atoms with E-state index in [4.69, 9.17) is 0 Å². The Balaban J connectivity index is 2.14. The lowest BCUT2D eigenvalue weighted by atomic mass is 9.98. The molecular formula is C11H14N4OS. The lowest BCUT2D eigenvalue weighted by Crippen LogP contribution is -2.11. The highest BCUT2D eigenvalue weighted by molar-refractivity contribution is 7.09. The van der Waals surface area contributed by atoms with Gasteiger partial charge in [-0.15, -0.1) is 16.4 Å². The molecule has 0 atom stereocenters. The third-order valence-electron chi connectivity index (χ3n) is 2.19. The van der Waals surface area contributed by atoms with E-state index in [0.717, 1.165) is 10.7 Å². The summed E-state index contributed by atoms with van der Waals surface area (Å²) < 4.78 is 1.62. The fourth-order valence-electron chi connectivity index (χ4n) is 1.33. The lowest BCUT2D eigenvalue weighted by Gasteiger charge is -2.13. The predicted molar refractivity (Wildman–Crippen MR) is 65.3 cm³/mol. The van der Waals surface area contributed by atoms with Crippen molar-refractivity contribution in [3.63, 3.8) is 0 Å². The number of hydrogen-bond donors (Lipinski definition) is 0. The molecule has 0 N–H and O–H groups in total. The van der Waals surface area contributed by atoms with Gasteiger partial charge in [0, 0.05) is 10.8 Å². The van der Waals surface area contributed by atoms with Gasteiger partial charge >= 0.3 is 0 Å². The number of thiazole rings is 1. The van der Waals surface area contributed by atoms with Crippen LogP contribution in [0, 0.1) is 0 Å². The molecule has 0 unspecified atom stereocenters. The molecule has 2 rings (SSSR count). The molecule has 17 heavy (non-hydrogen) atoms. The first-order chi connectivity index (χ1) is 7.99. The van der Waals surface area contributed by atoms with E-state index in [1.54, 1.807) is 22.2 Å². The number of hydrogen-bond acceptors (Lipinski definition) is 5. The maximum absolute atomic E-state index is 10.5. The number of rotatable bonds is 3. The Hall–Kier alpha value is -1.56. The van der Waals surface area contributed by atoms with Crippen molar-refractivity contribution >= 4 is 17.6 Å². The molecule has 5 nitrogen and oxygen atoms in total. The molecule has 0 aliphatic carbocycles. The van der Waals surface area contributed by atoms with E-state index in [2.05, 4.69) is 36.1 Å². The average Bonchev–Trinajstić information content (AvgIpc) is 2.86. The molecule has 0 aliphatic heterocycles. The number of aldehydes is 1. The maximum Gasteiger partial charge on any atom is 0.171 e. The molecule has 0 saturated carbocycles. The molecule has 0 bridgehead atoms. The van der Waals surface area contributed by atoms with Crippen molar-refractivity contribution in [1.29, 1.82) is 0 Å². The smallest absolute Gasteiger partial charge is 0.171 e. The molecule has 2 aromatic rings. The Kier molecular flexibility index (Phi) is 3.06. The van der Waals surface area contributed by atoms with Crippen LogP contribution in [0.2, 0.25) is 0 Å². The SMILES string of the molecule is CC(C)(C)c1nc(Cn2cc(C=O)nn2)cs1. The molecule has 90 valence electrons. The number of carbonyl (C=O) groups is 1. The Labute approximate surface area is 103 Å². The summed E-state index contributed by atoms with van der Waals surface area (Å²) in [4.78, 5) is 15.0. The number of nitrogens with zero attached hydrogens (tertiary/aromatic N) is 4. The van der Waals surface area contributed by atoms with E-state index < -0.39 is 0 Å². The second kappa shape index (κ2) is 4.37. The Morgan fingerprint density at radius 1 is 1.47 bits per heavy atom.